The van der Waals surface area contributed by atoms with Crippen LogP contribution in [0.3, 0.4) is 0 Å². The first-order valence-electron chi connectivity index (χ1n) is 7.74. The van der Waals surface area contributed by atoms with E-state index in [1.54, 1.807) is 24.3 Å². The number of alkyl halides is 3. The van der Waals surface area contributed by atoms with Crippen molar-refractivity contribution in [1.82, 2.24) is 9.97 Å². The molecule has 0 saturated heterocycles. The minimum Gasteiger partial charge on any atom is -0.468 e. The van der Waals surface area contributed by atoms with Crippen LogP contribution >= 0.6 is 0 Å². The average Bonchev–Trinajstić information content (AvgIpc) is 2.64. The minimum atomic E-state index is -4.41. The second-order valence-corrected chi connectivity index (χ2v) is 5.59. The molecule has 0 atom stereocenters. The number of nitrogens with zero attached hydrogens (tertiary/aromatic N) is 3. The van der Waals surface area contributed by atoms with Crippen LogP contribution in [0.4, 0.5) is 24.7 Å². The third-order valence-corrected chi connectivity index (χ3v) is 3.54. The summed E-state index contributed by atoms with van der Waals surface area (Å²) in [4.78, 5) is 18.5. The van der Waals surface area contributed by atoms with E-state index in [0.717, 1.165) is 5.56 Å². The molecule has 2 heterocycles. The SMILES string of the molecule is O=[N+]([O-])c1ccc2nc(NCc3ccc(OCC(F)(F)F)nc3)ccc2c1. The van der Waals surface area contributed by atoms with Crippen LogP contribution in [-0.4, -0.2) is 27.7 Å². The maximum absolute atomic E-state index is 12.1. The van der Waals surface area contributed by atoms with Gasteiger partial charge in [-0.15, -0.1) is 0 Å². The van der Waals surface area contributed by atoms with E-state index >= 15 is 0 Å². The summed E-state index contributed by atoms with van der Waals surface area (Å²) in [5.74, 6) is 0.440. The fourth-order valence-corrected chi connectivity index (χ4v) is 2.27. The van der Waals surface area contributed by atoms with Gasteiger partial charge in [0.15, 0.2) is 6.61 Å². The number of hydrogen-bond donors (Lipinski definition) is 1. The fourth-order valence-electron chi connectivity index (χ4n) is 2.27. The first-order valence-corrected chi connectivity index (χ1v) is 7.74. The van der Waals surface area contributed by atoms with Gasteiger partial charge in [0.2, 0.25) is 5.88 Å². The van der Waals surface area contributed by atoms with Crippen molar-refractivity contribution in [2.75, 3.05) is 11.9 Å². The fraction of sp³-hybridized carbons (Fsp3) is 0.176. The topological polar surface area (TPSA) is 90.2 Å². The standard InChI is InChI=1S/C17H13F3N4O3/c18-17(19,20)10-27-16-6-1-11(9-22-16)8-21-15-5-2-12-7-13(24(25)26)3-4-14(12)23-15/h1-7,9H,8,10H2,(H,21,23). The zero-order valence-electron chi connectivity index (χ0n) is 13.7. The molecule has 0 spiro atoms. The Labute approximate surface area is 151 Å². The van der Waals surface area contributed by atoms with Gasteiger partial charge in [-0.05, 0) is 23.8 Å². The first-order chi connectivity index (χ1) is 12.8. The highest BCUT2D eigenvalue weighted by Gasteiger charge is 2.28. The molecule has 0 radical (unpaired) electrons. The summed E-state index contributed by atoms with van der Waals surface area (Å²) < 4.78 is 40.8. The van der Waals surface area contributed by atoms with Gasteiger partial charge in [-0.1, -0.05) is 6.07 Å². The summed E-state index contributed by atoms with van der Waals surface area (Å²) in [7, 11) is 0. The maximum Gasteiger partial charge on any atom is 0.422 e. The molecule has 140 valence electrons. The lowest BCUT2D eigenvalue weighted by Gasteiger charge is -2.09. The third-order valence-electron chi connectivity index (χ3n) is 3.54. The molecule has 0 saturated carbocycles. The molecular weight excluding hydrogens is 365 g/mol. The Balaban J connectivity index is 1.62. The number of nitrogens with one attached hydrogen (secondary N) is 1. The highest BCUT2D eigenvalue weighted by Crippen LogP contribution is 2.21. The first kappa shape index (κ1) is 18.4. The quantitative estimate of drug-likeness (QED) is 0.513. The molecule has 7 nitrogen and oxygen atoms in total. The van der Waals surface area contributed by atoms with Crippen LogP contribution in [-0.2, 0) is 6.54 Å². The Morgan fingerprint density at radius 3 is 2.63 bits per heavy atom. The monoisotopic (exact) mass is 378 g/mol. The molecule has 3 rings (SSSR count). The number of nitro groups is 1. The van der Waals surface area contributed by atoms with Gasteiger partial charge >= 0.3 is 6.18 Å². The van der Waals surface area contributed by atoms with Crippen LogP contribution in [0.15, 0.2) is 48.7 Å². The van der Waals surface area contributed by atoms with Crippen LogP contribution in [0.5, 0.6) is 5.88 Å². The number of halogens is 3. The van der Waals surface area contributed by atoms with Gasteiger partial charge in [0.25, 0.3) is 5.69 Å². The van der Waals surface area contributed by atoms with E-state index in [2.05, 4.69) is 20.0 Å². The van der Waals surface area contributed by atoms with Gasteiger partial charge in [-0.25, -0.2) is 9.97 Å². The Morgan fingerprint density at radius 1 is 1.15 bits per heavy atom. The molecule has 1 aromatic carbocycles. The number of benzene rings is 1. The number of pyridine rings is 2. The predicted molar refractivity (Wildman–Crippen MR) is 91.5 cm³/mol. The summed E-state index contributed by atoms with van der Waals surface area (Å²) in [6.45, 7) is -1.05. The maximum atomic E-state index is 12.1. The molecule has 0 bridgehead atoms. The summed E-state index contributed by atoms with van der Waals surface area (Å²) in [5.41, 5.74) is 1.31. The molecule has 0 aliphatic heterocycles. The molecule has 0 aliphatic rings. The molecule has 10 heteroatoms. The molecule has 2 aromatic heterocycles. The smallest absolute Gasteiger partial charge is 0.422 e. The largest absolute Gasteiger partial charge is 0.468 e. The summed E-state index contributed by atoms with van der Waals surface area (Å²) in [6.07, 6.45) is -3.01. The van der Waals surface area contributed by atoms with Crippen LogP contribution in [0.1, 0.15) is 5.56 Å². The number of fused-ring (bicyclic) bond motifs is 1. The van der Waals surface area contributed by atoms with Crippen LogP contribution < -0.4 is 10.1 Å². The van der Waals surface area contributed by atoms with Gasteiger partial charge in [-0.3, -0.25) is 10.1 Å². The molecule has 1 N–H and O–H groups in total. The zero-order chi connectivity index (χ0) is 19.4. The van der Waals surface area contributed by atoms with Crippen LogP contribution in [0.25, 0.3) is 10.9 Å². The average molecular weight is 378 g/mol. The molecule has 0 fully saturated rings. The normalized spacial score (nSPS) is 11.4. The molecule has 0 aliphatic carbocycles. The van der Waals surface area contributed by atoms with E-state index in [9.17, 15) is 23.3 Å². The predicted octanol–water partition coefficient (Wildman–Crippen LogP) is 4.09. The number of hydrogen-bond acceptors (Lipinski definition) is 6. The van der Waals surface area contributed by atoms with Crippen molar-refractivity contribution in [3.8, 4) is 5.88 Å². The molecule has 0 amide bonds. The van der Waals surface area contributed by atoms with Crippen molar-refractivity contribution in [1.29, 1.82) is 0 Å². The Kier molecular flexibility index (Phi) is 5.06. The van der Waals surface area contributed by atoms with Gasteiger partial charge in [0, 0.05) is 36.3 Å². The van der Waals surface area contributed by atoms with E-state index in [1.165, 1.54) is 24.4 Å². The number of rotatable bonds is 6. The van der Waals surface area contributed by atoms with E-state index in [-0.39, 0.29) is 11.6 Å². The second kappa shape index (κ2) is 7.44. The third kappa shape index (κ3) is 5.03. The van der Waals surface area contributed by atoms with Crippen LogP contribution in [0, 0.1) is 10.1 Å². The van der Waals surface area contributed by atoms with Crippen molar-refractivity contribution in [2.24, 2.45) is 0 Å². The molecule has 27 heavy (non-hydrogen) atoms. The van der Waals surface area contributed by atoms with Gasteiger partial charge < -0.3 is 10.1 Å². The summed E-state index contributed by atoms with van der Waals surface area (Å²) in [6, 6.07) is 10.7. The van der Waals surface area contributed by atoms with E-state index in [1.807, 2.05) is 0 Å². The second-order valence-electron chi connectivity index (χ2n) is 5.59. The van der Waals surface area contributed by atoms with Crippen molar-refractivity contribution < 1.29 is 22.8 Å². The summed E-state index contributed by atoms with van der Waals surface area (Å²) in [5, 5.41) is 14.5. The summed E-state index contributed by atoms with van der Waals surface area (Å²) >= 11 is 0. The van der Waals surface area contributed by atoms with E-state index in [4.69, 9.17) is 0 Å². The highest BCUT2D eigenvalue weighted by atomic mass is 19.4. The van der Waals surface area contributed by atoms with Crippen molar-refractivity contribution >= 4 is 22.4 Å². The zero-order valence-corrected chi connectivity index (χ0v) is 13.7. The van der Waals surface area contributed by atoms with Crippen molar-refractivity contribution in [2.45, 2.75) is 12.7 Å². The lowest BCUT2D eigenvalue weighted by Crippen LogP contribution is -2.19. The molecule has 3 aromatic rings. The van der Waals surface area contributed by atoms with Gasteiger partial charge in [-0.2, -0.15) is 13.2 Å². The Bertz CT molecular complexity index is 962. The van der Waals surface area contributed by atoms with Gasteiger partial charge in [0.05, 0.1) is 10.4 Å². The van der Waals surface area contributed by atoms with Crippen molar-refractivity contribution in [3.63, 3.8) is 0 Å². The number of nitro benzene ring substituents is 1. The van der Waals surface area contributed by atoms with Crippen LogP contribution in [0.2, 0.25) is 0 Å². The Morgan fingerprint density at radius 2 is 1.96 bits per heavy atom. The number of non-ortho nitro benzene ring substituents is 1. The number of aromatic nitrogens is 2. The number of anilines is 1. The van der Waals surface area contributed by atoms with Crippen molar-refractivity contribution in [3.05, 3.63) is 64.3 Å². The number of ether oxygens (including phenoxy) is 1. The Hall–Kier alpha value is -3.43. The van der Waals surface area contributed by atoms with E-state index < -0.39 is 17.7 Å². The van der Waals surface area contributed by atoms with E-state index in [0.29, 0.717) is 23.3 Å². The lowest BCUT2D eigenvalue weighted by atomic mass is 10.2. The van der Waals surface area contributed by atoms with Gasteiger partial charge in [0.1, 0.15) is 5.82 Å². The molecular formula is C17H13F3N4O3. The molecule has 0 unspecified atom stereocenters. The minimum absolute atomic E-state index is 0.0103. The lowest BCUT2D eigenvalue weighted by molar-refractivity contribution is -0.384. The highest BCUT2D eigenvalue weighted by molar-refractivity contribution is 5.82.